The highest BCUT2D eigenvalue weighted by molar-refractivity contribution is 7.99. The first-order valence-corrected chi connectivity index (χ1v) is 21.9. The van der Waals surface area contributed by atoms with Crippen molar-refractivity contribution in [2.75, 3.05) is 4.90 Å². The molecule has 9 aromatic carbocycles. The van der Waals surface area contributed by atoms with E-state index in [1.807, 2.05) is 48.2 Å². The summed E-state index contributed by atoms with van der Waals surface area (Å²) in [6.45, 7) is 0. The van der Waals surface area contributed by atoms with E-state index in [1.165, 1.54) is 37.9 Å². The number of anilines is 3. The van der Waals surface area contributed by atoms with Crippen LogP contribution in [-0.4, -0.2) is 19.5 Å². The first-order valence-electron chi connectivity index (χ1n) is 21.1. The van der Waals surface area contributed by atoms with Crippen molar-refractivity contribution < 1.29 is 0 Å². The number of aromatic nitrogens is 4. The van der Waals surface area contributed by atoms with Gasteiger partial charge in [0.25, 0.3) is 0 Å². The Morgan fingerprint density at radius 1 is 0.317 bits per heavy atom. The van der Waals surface area contributed by atoms with Crippen LogP contribution < -0.4 is 4.90 Å². The quantitative estimate of drug-likeness (QED) is 0.160. The van der Waals surface area contributed by atoms with Crippen LogP contribution >= 0.6 is 11.8 Å². The Balaban J connectivity index is 0.910. The fourth-order valence-electron chi connectivity index (χ4n) is 8.77. The SMILES string of the molecule is c1ccc(-c2ccc(-c3nc(-c4ccccc4)nc(-n4c5ccccc5c5cc(-c6ccc(-c7ccc8c(c7)Sc7ccccc7N8c7ccccc7)cc6)ccc54)n3)cc2)cc1. The largest absolute Gasteiger partial charge is 0.308 e. The van der Waals surface area contributed by atoms with Crippen molar-refractivity contribution in [1.82, 2.24) is 19.5 Å². The Bertz CT molecular complexity index is 3460. The number of hydrogen-bond donors (Lipinski definition) is 0. The third-order valence-electron chi connectivity index (χ3n) is 11.9. The van der Waals surface area contributed by atoms with Gasteiger partial charge >= 0.3 is 0 Å². The number of fused-ring (bicyclic) bond motifs is 5. The van der Waals surface area contributed by atoms with Crippen LogP contribution in [0.4, 0.5) is 17.1 Å². The lowest BCUT2D eigenvalue weighted by Crippen LogP contribution is -2.14. The molecule has 0 amide bonds. The molecule has 0 N–H and O–H groups in total. The zero-order chi connectivity index (χ0) is 41.7. The molecule has 0 saturated carbocycles. The van der Waals surface area contributed by atoms with Crippen molar-refractivity contribution in [1.29, 1.82) is 0 Å². The van der Waals surface area contributed by atoms with Gasteiger partial charge in [-0.15, -0.1) is 0 Å². The number of rotatable bonds is 7. The minimum absolute atomic E-state index is 0.577. The van der Waals surface area contributed by atoms with Gasteiger partial charge in [0, 0.05) is 37.4 Å². The summed E-state index contributed by atoms with van der Waals surface area (Å²) in [5.41, 5.74) is 14.5. The molecule has 6 heteroatoms. The second-order valence-corrected chi connectivity index (χ2v) is 16.8. The molecule has 0 fully saturated rings. The van der Waals surface area contributed by atoms with Gasteiger partial charge in [-0.25, -0.2) is 4.98 Å². The Morgan fingerprint density at radius 3 is 1.51 bits per heavy atom. The predicted molar refractivity (Wildman–Crippen MR) is 260 cm³/mol. The maximum Gasteiger partial charge on any atom is 0.238 e. The molecule has 0 spiro atoms. The first kappa shape index (κ1) is 36.8. The molecule has 296 valence electrons. The van der Waals surface area contributed by atoms with Crippen LogP contribution in [0.3, 0.4) is 0 Å². The average Bonchev–Trinajstić information content (AvgIpc) is 3.70. The molecule has 5 nitrogen and oxygen atoms in total. The fourth-order valence-corrected chi connectivity index (χ4v) is 9.86. The minimum atomic E-state index is 0.577. The van der Waals surface area contributed by atoms with E-state index in [9.17, 15) is 0 Å². The highest BCUT2D eigenvalue weighted by atomic mass is 32.2. The molecule has 0 bridgehead atoms. The van der Waals surface area contributed by atoms with Crippen molar-refractivity contribution in [2.24, 2.45) is 0 Å². The monoisotopic (exact) mass is 823 g/mol. The van der Waals surface area contributed by atoms with Crippen LogP contribution in [0.25, 0.3) is 83.9 Å². The van der Waals surface area contributed by atoms with E-state index in [0.717, 1.165) is 55.3 Å². The molecule has 12 rings (SSSR count). The number of hydrogen-bond acceptors (Lipinski definition) is 5. The summed E-state index contributed by atoms with van der Waals surface area (Å²) in [6.07, 6.45) is 0. The highest BCUT2D eigenvalue weighted by Gasteiger charge is 2.25. The Morgan fingerprint density at radius 2 is 0.794 bits per heavy atom. The van der Waals surface area contributed by atoms with Crippen LogP contribution in [0.1, 0.15) is 0 Å². The van der Waals surface area contributed by atoms with Gasteiger partial charge in [0.15, 0.2) is 11.6 Å². The normalized spacial score (nSPS) is 12.0. The lowest BCUT2D eigenvalue weighted by Gasteiger charge is -2.33. The van der Waals surface area contributed by atoms with Gasteiger partial charge in [0.2, 0.25) is 5.95 Å². The molecule has 1 aliphatic heterocycles. The maximum atomic E-state index is 5.19. The van der Waals surface area contributed by atoms with Crippen molar-refractivity contribution in [3.05, 3.63) is 224 Å². The van der Waals surface area contributed by atoms with Gasteiger partial charge in [0.05, 0.1) is 22.4 Å². The summed E-state index contributed by atoms with van der Waals surface area (Å²) in [4.78, 5) is 20.2. The van der Waals surface area contributed by atoms with E-state index in [2.05, 4.69) is 198 Å². The Kier molecular flexibility index (Phi) is 9.01. The number of nitrogens with zero attached hydrogens (tertiary/aromatic N) is 5. The summed E-state index contributed by atoms with van der Waals surface area (Å²) >= 11 is 1.83. The molecule has 11 aromatic rings. The van der Waals surface area contributed by atoms with Gasteiger partial charge in [0.1, 0.15) is 0 Å². The highest BCUT2D eigenvalue weighted by Crippen LogP contribution is 2.52. The summed E-state index contributed by atoms with van der Waals surface area (Å²) in [7, 11) is 0. The van der Waals surface area contributed by atoms with Gasteiger partial charge in [-0.05, 0) is 88.0 Å². The third-order valence-corrected chi connectivity index (χ3v) is 13.0. The number of benzene rings is 9. The third kappa shape index (κ3) is 6.65. The van der Waals surface area contributed by atoms with E-state index < -0.39 is 0 Å². The van der Waals surface area contributed by atoms with Gasteiger partial charge < -0.3 is 4.90 Å². The second-order valence-electron chi connectivity index (χ2n) is 15.7. The zero-order valence-corrected chi connectivity index (χ0v) is 34.8. The van der Waals surface area contributed by atoms with Crippen molar-refractivity contribution in [2.45, 2.75) is 9.79 Å². The Hall–Kier alpha value is -8.06. The molecule has 0 aliphatic carbocycles. The molecular formula is C57H37N5S. The molecule has 0 unspecified atom stereocenters. The van der Waals surface area contributed by atoms with Crippen LogP contribution in [0.15, 0.2) is 234 Å². The van der Waals surface area contributed by atoms with Crippen molar-refractivity contribution in [3.8, 4) is 62.1 Å². The minimum Gasteiger partial charge on any atom is -0.308 e. The first-order chi connectivity index (χ1) is 31.2. The van der Waals surface area contributed by atoms with Crippen LogP contribution in [0.5, 0.6) is 0 Å². The van der Waals surface area contributed by atoms with Crippen LogP contribution in [0, 0.1) is 0 Å². The second kappa shape index (κ2) is 15.4. The molecule has 0 saturated heterocycles. The zero-order valence-electron chi connectivity index (χ0n) is 34.0. The van der Waals surface area contributed by atoms with Gasteiger partial charge in [-0.2, -0.15) is 9.97 Å². The smallest absolute Gasteiger partial charge is 0.238 e. The molecule has 1 aliphatic rings. The Labute approximate surface area is 369 Å². The topological polar surface area (TPSA) is 46.8 Å². The van der Waals surface area contributed by atoms with Gasteiger partial charge in [-0.3, -0.25) is 4.57 Å². The summed E-state index contributed by atoms with van der Waals surface area (Å²) < 4.78 is 2.18. The predicted octanol–water partition coefficient (Wildman–Crippen LogP) is 15.2. The lowest BCUT2D eigenvalue weighted by atomic mass is 9.98. The van der Waals surface area contributed by atoms with Crippen LogP contribution in [0.2, 0.25) is 0 Å². The van der Waals surface area contributed by atoms with Crippen molar-refractivity contribution in [3.63, 3.8) is 0 Å². The summed E-state index contributed by atoms with van der Waals surface area (Å²) in [6, 6.07) is 79.4. The van der Waals surface area contributed by atoms with E-state index in [1.54, 1.807) is 0 Å². The molecular weight excluding hydrogens is 787 g/mol. The molecule has 3 heterocycles. The summed E-state index contributed by atoms with van der Waals surface area (Å²) in [5, 5.41) is 2.27. The van der Waals surface area contributed by atoms with E-state index >= 15 is 0 Å². The van der Waals surface area contributed by atoms with E-state index in [0.29, 0.717) is 17.6 Å². The fraction of sp³-hybridized carbons (Fsp3) is 0. The molecule has 0 radical (unpaired) electrons. The lowest BCUT2D eigenvalue weighted by molar-refractivity contribution is 0.953. The summed E-state index contributed by atoms with van der Waals surface area (Å²) in [5.74, 6) is 1.83. The van der Waals surface area contributed by atoms with Crippen molar-refractivity contribution >= 4 is 50.6 Å². The van der Waals surface area contributed by atoms with Gasteiger partial charge in [-0.1, -0.05) is 182 Å². The van der Waals surface area contributed by atoms with E-state index in [4.69, 9.17) is 15.0 Å². The average molecular weight is 824 g/mol. The van der Waals surface area contributed by atoms with Crippen LogP contribution in [-0.2, 0) is 0 Å². The molecule has 63 heavy (non-hydrogen) atoms. The molecule has 0 atom stereocenters. The molecule has 2 aromatic heterocycles. The van der Waals surface area contributed by atoms with E-state index in [-0.39, 0.29) is 0 Å². The standard InChI is InChI=1S/C57H37N5S/c1-4-14-38(15-5-1)39-28-30-43(31-29-39)56-58-55(42-16-6-2-7-17-42)59-57(60-56)62-49-21-11-10-20-47(49)48-36-44(32-34-50(48)62)40-24-26-41(27-25-40)45-33-35-52-54(37-45)63-53-23-13-12-22-51(53)61(52)46-18-8-3-9-19-46/h1-37H. The number of para-hydroxylation sites is 3. The maximum absolute atomic E-state index is 5.19.